The van der Waals surface area contributed by atoms with E-state index in [-0.39, 0.29) is 5.91 Å². The fraction of sp³-hybridized carbons (Fsp3) is 0.211. The fourth-order valence-corrected chi connectivity index (χ4v) is 3.69. The Bertz CT molecular complexity index is 928. The van der Waals surface area contributed by atoms with Gasteiger partial charge in [-0.25, -0.2) is 8.78 Å². The number of amides is 1. The molecule has 25 heavy (non-hydrogen) atoms. The van der Waals surface area contributed by atoms with Crippen LogP contribution in [0.15, 0.2) is 46.9 Å². The zero-order valence-corrected chi connectivity index (χ0v) is 15.6. The second-order valence-electron chi connectivity index (χ2n) is 6.00. The van der Waals surface area contributed by atoms with Crippen molar-refractivity contribution in [3.63, 3.8) is 0 Å². The minimum Gasteiger partial charge on any atom is -0.339 e. The second-order valence-corrected chi connectivity index (χ2v) is 6.80. The highest BCUT2D eigenvalue weighted by Gasteiger charge is 2.26. The van der Waals surface area contributed by atoms with Crippen molar-refractivity contribution in [3.8, 4) is 0 Å². The van der Waals surface area contributed by atoms with Crippen molar-refractivity contribution in [2.24, 2.45) is 7.05 Å². The molecule has 0 spiro atoms. The number of carbonyl (C=O) groups is 1. The quantitative estimate of drug-likeness (QED) is 0.597. The average Bonchev–Trinajstić information content (AvgIpc) is 2.87. The summed E-state index contributed by atoms with van der Waals surface area (Å²) in [7, 11) is 3.48. The Labute approximate surface area is 153 Å². The van der Waals surface area contributed by atoms with Crippen molar-refractivity contribution in [2.75, 3.05) is 7.05 Å². The molecule has 6 heteroatoms. The van der Waals surface area contributed by atoms with Crippen molar-refractivity contribution < 1.29 is 13.6 Å². The maximum Gasteiger partial charge on any atom is 0.271 e. The fourth-order valence-electron chi connectivity index (χ4n) is 2.92. The summed E-state index contributed by atoms with van der Waals surface area (Å²) in [6.45, 7) is 1.78. The number of para-hydroxylation sites is 1. The lowest BCUT2D eigenvalue weighted by Gasteiger charge is -2.26. The minimum absolute atomic E-state index is 0.206. The molecule has 0 aliphatic carbocycles. The van der Waals surface area contributed by atoms with Gasteiger partial charge in [-0.2, -0.15) is 0 Å². The third kappa shape index (κ3) is 2.95. The number of carbonyl (C=O) groups excluding carboxylic acids is 1. The van der Waals surface area contributed by atoms with Crippen LogP contribution < -0.4 is 0 Å². The van der Waals surface area contributed by atoms with Gasteiger partial charge < -0.3 is 9.47 Å². The number of aryl methyl sites for hydroxylation is 1. The smallest absolute Gasteiger partial charge is 0.271 e. The van der Waals surface area contributed by atoms with Gasteiger partial charge in [0, 0.05) is 25.0 Å². The number of benzene rings is 2. The number of halogens is 3. The molecule has 0 aliphatic heterocycles. The normalized spacial score (nSPS) is 12.4. The van der Waals surface area contributed by atoms with E-state index in [0.717, 1.165) is 27.5 Å². The molecule has 0 radical (unpaired) electrons. The number of aromatic nitrogens is 1. The van der Waals surface area contributed by atoms with E-state index in [1.807, 2.05) is 35.9 Å². The van der Waals surface area contributed by atoms with Crippen LogP contribution in [-0.2, 0) is 7.05 Å². The molecule has 3 aromatic rings. The number of fused-ring (bicyclic) bond motifs is 1. The molecule has 0 N–H and O–H groups in total. The molecule has 0 aliphatic rings. The highest BCUT2D eigenvalue weighted by atomic mass is 79.9. The van der Waals surface area contributed by atoms with E-state index >= 15 is 0 Å². The summed E-state index contributed by atoms with van der Waals surface area (Å²) in [6.07, 6.45) is 0. The molecule has 3 nitrogen and oxygen atoms in total. The van der Waals surface area contributed by atoms with Gasteiger partial charge in [-0.1, -0.05) is 24.3 Å². The van der Waals surface area contributed by atoms with E-state index in [0.29, 0.717) is 11.3 Å². The van der Waals surface area contributed by atoms with Crippen LogP contribution in [0.4, 0.5) is 8.78 Å². The molecule has 1 heterocycles. The van der Waals surface area contributed by atoms with E-state index in [9.17, 15) is 13.6 Å². The van der Waals surface area contributed by atoms with Gasteiger partial charge in [0.25, 0.3) is 5.91 Å². The lowest BCUT2D eigenvalue weighted by molar-refractivity contribution is 0.0732. The maximum absolute atomic E-state index is 13.5. The molecule has 2 aromatic carbocycles. The van der Waals surface area contributed by atoms with Gasteiger partial charge in [-0.3, -0.25) is 4.79 Å². The lowest BCUT2D eigenvalue weighted by Crippen LogP contribution is -2.31. The van der Waals surface area contributed by atoms with Crippen LogP contribution in [0.25, 0.3) is 10.9 Å². The topological polar surface area (TPSA) is 25.2 Å². The lowest BCUT2D eigenvalue weighted by atomic mass is 10.1. The highest BCUT2D eigenvalue weighted by Crippen LogP contribution is 2.32. The van der Waals surface area contributed by atoms with E-state index in [4.69, 9.17) is 0 Å². The summed E-state index contributed by atoms with van der Waals surface area (Å²) >= 11 is 3.52. The Hall–Kier alpha value is -2.21. The Balaban J connectivity index is 1.99. The predicted octanol–water partition coefficient (Wildman–Crippen LogP) is 5.05. The zero-order valence-electron chi connectivity index (χ0n) is 14.1. The molecular formula is C19H17BrF2N2O. The number of hydrogen-bond acceptors (Lipinski definition) is 1. The van der Waals surface area contributed by atoms with Gasteiger partial charge in [0.1, 0.15) is 5.69 Å². The van der Waals surface area contributed by atoms with Crippen molar-refractivity contribution >= 4 is 32.7 Å². The largest absolute Gasteiger partial charge is 0.339 e. The van der Waals surface area contributed by atoms with Gasteiger partial charge in [0.05, 0.1) is 10.5 Å². The van der Waals surface area contributed by atoms with Gasteiger partial charge in [-0.05, 0) is 46.6 Å². The second kappa shape index (κ2) is 6.59. The van der Waals surface area contributed by atoms with Crippen LogP contribution in [-0.4, -0.2) is 22.4 Å². The molecule has 1 amide bonds. The van der Waals surface area contributed by atoms with Crippen molar-refractivity contribution in [2.45, 2.75) is 13.0 Å². The summed E-state index contributed by atoms with van der Waals surface area (Å²) in [5, 5.41) is 0.947. The Morgan fingerprint density at radius 2 is 1.84 bits per heavy atom. The van der Waals surface area contributed by atoms with Crippen LogP contribution in [0.1, 0.15) is 29.0 Å². The number of hydrogen-bond donors (Lipinski definition) is 0. The molecular weight excluding hydrogens is 390 g/mol. The van der Waals surface area contributed by atoms with Crippen molar-refractivity contribution in [3.05, 3.63) is 69.8 Å². The Morgan fingerprint density at radius 1 is 1.16 bits per heavy atom. The molecule has 1 atom stereocenters. The summed E-state index contributed by atoms with van der Waals surface area (Å²) in [5.74, 6) is -2.03. The summed E-state index contributed by atoms with van der Waals surface area (Å²) in [6, 6.07) is 11.0. The van der Waals surface area contributed by atoms with Crippen molar-refractivity contribution in [1.82, 2.24) is 9.47 Å². The summed E-state index contributed by atoms with van der Waals surface area (Å²) in [5.41, 5.74) is 1.98. The first-order chi connectivity index (χ1) is 11.8. The molecule has 1 unspecified atom stereocenters. The van der Waals surface area contributed by atoms with Gasteiger partial charge in [0.2, 0.25) is 0 Å². The summed E-state index contributed by atoms with van der Waals surface area (Å²) < 4.78 is 29.2. The van der Waals surface area contributed by atoms with E-state index in [2.05, 4.69) is 15.9 Å². The Morgan fingerprint density at radius 3 is 2.48 bits per heavy atom. The van der Waals surface area contributed by atoms with Crippen molar-refractivity contribution in [1.29, 1.82) is 0 Å². The van der Waals surface area contributed by atoms with Crippen LogP contribution in [0.2, 0.25) is 0 Å². The zero-order chi connectivity index (χ0) is 18.3. The molecule has 0 fully saturated rings. The van der Waals surface area contributed by atoms with Crippen LogP contribution in [0.5, 0.6) is 0 Å². The average molecular weight is 407 g/mol. The molecule has 0 bridgehead atoms. The number of rotatable bonds is 3. The minimum atomic E-state index is -0.920. The van der Waals surface area contributed by atoms with Gasteiger partial charge >= 0.3 is 0 Å². The maximum atomic E-state index is 13.5. The van der Waals surface area contributed by atoms with Crippen LogP contribution in [0.3, 0.4) is 0 Å². The first-order valence-electron chi connectivity index (χ1n) is 7.78. The molecule has 3 rings (SSSR count). The van der Waals surface area contributed by atoms with Crippen LogP contribution >= 0.6 is 15.9 Å². The van der Waals surface area contributed by atoms with Gasteiger partial charge in [-0.15, -0.1) is 0 Å². The monoisotopic (exact) mass is 406 g/mol. The van der Waals surface area contributed by atoms with E-state index in [1.54, 1.807) is 14.0 Å². The Kier molecular flexibility index (Phi) is 4.64. The standard InChI is InChI=1S/C19H17BrF2N2O/c1-11(12-8-9-14(21)15(22)10-12)23(2)19(25)18-17(20)13-6-4-5-7-16(13)24(18)3/h4-11H,1-3H3. The third-order valence-corrected chi connectivity index (χ3v) is 5.38. The first kappa shape index (κ1) is 17.6. The number of nitrogens with zero attached hydrogens (tertiary/aromatic N) is 2. The molecule has 0 saturated carbocycles. The molecule has 130 valence electrons. The first-order valence-corrected chi connectivity index (χ1v) is 8.57. The SMILES string of the molecule is CC(c1ccc(F)c(F)c1)N(C)C(=O)c1c(Br)c2ccccc2n1C. The summed E-state index contributed by atoms with van der Waals surface area (Å²) in [4.78, 5) is 14.5. The third-order valence-electron chi connectivity index (χ3n) is 4.58. The highest BCUT2D eigenvalue weighted by molar-refractivity contribution is 9.10. The van der Waals surface area contributed by atoms with Crippen LogP contribution in [0, 0.1) is 11.6 Å². The molecule has 1 aromatic heterocycles. The molecule has 0 saturated heterocycles. The van der Waals surface area contributed by atoms with Gasteiger partial charge in [0.15, 0.2) is 11.6 Å². The van der Waals surface area contributed by atoms with E-state index in [1.165, 1.54) is 11.0 Å². The predicted molar refractivity (Wildman–Crippen MR) is 97.5 cm³/mol. The van der Waals surface area contributed by atoms with E-state index < -0.39 is 17.7 Å².